The van der Waals surface area contributed by atoms with Crippen LogP contribution in [-0.2, 0) is 5.60 Å². The first-order valence-electron chi connectivity index (χ1n) is 6.18. The molecule has 4 N–H and O–H groups in total. The van der Waals surface area contributed by atoms with Gasteiger partial charge >= 0.3 is 0 Å². The highest BCUT2D eigenvalue weighted by atomic mass is 16.4. The molecule has 0 aliphatic heterocycles. The average Bonchev–Trinajstić information content (AvgIpc) is 2.41. The minimum atomic E-state index is -1.67. The van der Waals surface area contributed by atoms with Crippen molar-refractivity contribution in [3.63, 3.8) is 0 Å². The first-order valence-corrected chi connectivity index (χ1v) is 6.18. The normalized spacial score (nSPS) is 24.6. The molecule has 6 heteroatoms. The standard InChI is InChI=1S/C15H12O6/c16-8-1-3-15(20,4-2-8)13-7-11(19)14-10(18)5-9(17)6-12(14)21-13/h1-8,16-18,20H. The molecule has 0 fully saturated rings. The predicted octanol–water partition coefficient (Wildman–Crippen LogP) is 0.879. The quantitative estimate of drug-likeness (QED) is 0.580. The minimum absolute atomic E-state index is 0.0450. The second-order valence-corrected chi connectivity index (χ2v) is 4.85. The van der Waals surface area contributed by atoms with Crippen LogP contribution in [0, 0.1) is 0 Å². The van der Waals surface area contributed by atoms with Gasteiger partial charge in [0.2, 0.25) is 0 Å². The third-order valence-electron chi connectivity index (χ3n) is 3.28. The number of phenols is 2. The lowest BCUT2D eigenvalue weighted by Gasteiger charge is -2.23. The van der Waals surface area contributed by atoms with Gasteiger partial charge in [0.15, 0.2) is 11.0 Å². The maximum Gasteiger partial charge on any atom is 0.196 e. The summed E-state index contributed by atoms with van der Waals surface area (Å²) in [4.78, 5) is 12.1. The summed E-state index contributed by atoms with van der Waals surface area (Å²) >= 11 is 0. The van der Waals surface area contributed by atoms with Crippen LogP contribution in [0.15, 0.2) is 51.7 Å². The van der Waals surface area contributed by atoms with Gasteiger partial charge in [-0.3, -0.25) is 4.79 Å². The van der Waals surface area contributed by atoms with Crippen LogP contribution in [0.5, 0.6) is 11.5 Å². The number of aromatic hydroxyl groups is 2. The Morgan fingerprint density at radius 2 is 1.76 bits per heavy atom. The van der Waals surface area contributed by atoms with Crippen molar-refractivity contribution >= 4 is 11.0 Å². The zero-order chi connectivity index (χ0) is 15.2. The van der Waals surface area contributed by atoms with Crippen LogP contribution in [0.4, 0.5) is 0 Å². The van der Waals surface area contributed by atoms with Crippen molar-refractivity contribution < 1.29 is 24.8 Å². The van der Waals surface area contributed by atoms with E-state index in [4.69, 9.17) is 4.42 Å². The SMILES string of the molecule is O=c1cc(C2(O)C=CC(O)C=C2)oc2cc(O)cc(O)c12. The van der Waals surface area contributed by atoms with E-state index in [1.807, 2.05) is 0 Å². The number of rotatable bonds is 1. The van der Waals surface area contributed by atoms with Crippen molar-refractivity contribution in [1.29, 1.82) is 0 Å². The highest BCUT2D eigenvalue weighted by Crippen LogP contribution is 2.32. The minimum Gasteiger partial charge on any atom is -0.508 e. The molecule has 0 saturated heterocycles. The molecule has 2 aromatic rings. The first kappa shape index (κ1) is 13.4. The van der Waals surface area contributed by atoms with Crippen molar-refractivity contribution in [3.05, 3.63) is 58.5 Å². The topological polar surface area (TPSA) is 111 Å². The van der Waals surface area contributed by atoms with Gasteiger partial charge in [-0.05, 0) is 12.2 Å². The molecule has 1 heterocycles. The number of benzene rings is 1. The summed E-state index contributed by atoms with van der Waals surface area (Å²) < 4.78 is 5.43. The molecule has 1 aliphatic rings. The average molecular weight is 288 g/mol. The van der Waals surface area contributed by atoms with Crippen LogP contribution in [0.1, 0.15) is 5.76 Å². The van der Waals surface area contributed by atoms with Gasteiger partial charge in [0.05, 0.1) is 6.10 Å². The van der Waals surface area contributed by atoms with E-state index in [2.05, 4.69) is 0 Å². The number of aliphatic hydroxyl groups is 2. The molecule has 0 spiro atoms. The molecule has 0 atom stereocenters. The number of fused-ring (bicyclic) bond motifs is 1. The van der Waals surface area contributed by atoms with Gasteiger partial charge in [-0.1, -0.05) is 12.2 Å². The van der Waals surface area contributed by atoms with Crippen molar-refractivity contribution in [2.24, 2.45) is 0 Å². The van der Waals surface area contributed by atoms with Gasteiger partial charge < -0.3 is 24.8 Å². The van der Waals surface area contributed by atoms with Gasteiger partial charge in [0, 0.05) is 18.2 Å². The fourth-order valence-electron chi connectivity index (χ4n) is 2.23. The third kappa shape index (κ3) is 2.20. The van der Waals surface area contributed by atoms with E-state index in [0.717, 1.165) is 12.1 Å². The van der Waals surface area contributed by atoms with E-state index in [0.29, 0.717) is 0 Å². The Bertz CT molecular complexity index is 816. The Labute approximate surface area is 118 Å². The molecule has 0 saturated carbocycles. The first-order chi connectivity index (χ1) is 9.89. The summed E-state index contributed by atoms with van der Waals surface area (Å²) in [7, 11) is 0. The van der Waals surface area contributed by atoms with E-state index in [9.17, 15) is 25.2 Å². The molecule has 0 amide bonds. The summed E-state index contributed by atoms with van der Waals surface area (Å²) in [5.74, 6) is -0.746. The number of hydrogen-bond donors (Lipinski definition) is 4. The van der Waals surface area contributed by atoms with E-state index in [1.165, 1.54) is 30.4 Å². The fourth-order valence-corrected chi connectivity index (χ4v) is 2.23. The molecule has 6 nitrogen and oxygen atoms in total. The van der Waals surface area contributed by atoms with Crippen LogP contribution in [-0.4, -0.2) is 26.5 Å². The summed E-state index contributed by atoms with van der Waals surface area (Å²) in [6.07, 6.45) is 4.48. The Morgan fingerprint density at radius 1 is 1.10 bits per heavy atom. The van der Waals surface area contributed by atoms with Gasteiger partial charge in [0.1, 0.15) is 28.2 Å². The van der Waals surface area contributed by atoms with E-state index in [1.54, 1.807) is 0 Å². The van der Waals surface area contributed by atoms with Gasteiger partial charge in [-0.25, -0.2) is 0 Å². The second kappa shape index (κ2) is 4.47. The molecule has 3 rings (SSSR count). The lowest BCUT2D eigenvalue weighted by Crippen LogP contribution is -2.25. The molecule has 0 unspecified atom stereocenters. The fraction of sp³-hybridized carbons (Fsp3) is 0.133. The molecule has 0 radical (unpaired) electrons. The molecule has 1 aromatic carbocycles. The lowest BCUT2D eigenvalue weighted by molar-refractivity contribution is 0.109. The van der Waals surface area contributed by atoms with Gasteiger partial charge in [-0.2, -0.15) is 0 Å². The molecular weight excluding hydrogens is 276 g/mol. The molecule has 1 aromatic heterocycles. The van der Waals surface area contributed by atoms with Crippen molar-refractivity contribution in [3.8, 4) is 11.5 Å². The maximum atomic E-state index is 12.1. The molecule has 108 valence electrons. The largest absolute Gasteiger partial charge is 0.508 e. The predicted molar refractivity (Wildman–Crippen MR) is 74.0 cm³/mol. The number of hydrogen-bond acceptors (Lipinski definition) is 6. The zero-order valence-corrected chi connectivity index (χ0v) is 10.7. The maximum absolute atomic E-state index is 12.1. The third-order valence-corrected chi connectivity index (χ3v) is 3.28. The van der Waals surface area contributed by atoms with Crippen molar-refractivity contribution in [2.75, 3.05) is 0 Å². The molecule has 21 heavy (non-hydrogen) atoms. The number of aliphatic hydroxyl groups excluding tert-OH is 1. The van der Waals surface area contributed by atoms with E-state index >= 15 is 0 Å². The van der Waals surface area contributed by atoms with E-state index in [-0.39, 0.29) is 22.5 Å². The molecular formula is C15H12O6. The van der Waals surface area contributed by atoms with Crippen LogP contribution < -0.4 is 5.43 Å². The Kier molecular flexibility index (Phi) is 2.86. The van der Waals surface area contributed by atoms with E-state index < -0.39 is 22.9 Å². The summed E-state index contributed by atoms with van der Waals surface area (Å²) in [5, 5.41) is 38.9. The molecule has 0 bridgehead atoms. The van der Waals surface area contributed by atoms with Crippen LogP contribution in [0.2, 0.25) is 0 Å². The van der Waals surface area contributed by atoms with Crippen LogP contribution in [0.3, 0.4) is 0 Å². The van der Waals surface area contributed by atoms with Gasteiger partial charge in [-0.15, -0.1) is 0 Å². The Morgan fingerprint density at radius 3 is 2.43 bits per heavy atom. The Hall–Kier alpha value is -2.57. The second-order valence-electron chi connectivity index (χ2n) is 4.85. The molecule has 1 aliphatic carbocycles. The summed E-state index contributed by atoms with van der Waals surface area (Å²) in [6.45, 7) is 0. The van der Waals surface area contributed by atoms with Crippen molar-refractivity contribution in [1.82, 2.24) is 0 Å². The Balaban J connectivity index is 2.24. The van der Waals surface area contributed by atoms with Crippen molar-refractivity contribution in [2.45, 2.75) is 11.7 Å². The van der Waals surface area contributed by atoms with Crippen LogP contribution in [0.25, 0.3) is 11.0 Å². The van der Waals surface area contributed by atoms with Crippen LogP contribution >= 0.6 is 0 Å². The zero-order valence-electron chi connectivity index (χ0n) is 10.7. The summed E-state index contributed by atoms with van der Waals surface area (Å²) in [6, 6.07) is 3.27. The lowest BCUT2D eigenvalue weighted by atomic mass is 9.93. The monoisotopic (exact) mass is 288 g/mol. The smallest absolute Gasteiger partial charge is 0.196 e. The highest BCUT2D eigenvalue weighted by molar-refractivity contribution is 5.84. The summed E-state index contributed by atoms with van der Waals surface area (Å²) in [5.41, 5.74) is -2.27. The number of phenolic OH excluding ortho intramolecular Hbond substituents is 2. The van der Waals surface area contributed by atoms with Gasteiger partial charge in [0.25, 0.3) is 0 Å². The highest BCUT2D eigenvalue weighted by Gasteiger charge is 2.30.